The molecule has 156 valence electrons. The summed E-state index contributed by atoms with van der Waals surface area (Å²) in [5.74, 6) is 0.312. The zero-order valence-electron chi connectivity index (χ0n) is 17.0. The van der Waals surface area contributed by atoms with Gasteiger partial charge in [0, 0.05) is 31.9 Å². The standard InChI is InChI=1S/C21H27N3O4S/c1-16-4-8-19(9-5-16)28-17(2)21(25)22-18-6-10-20(11-7-18)29(26,27)24-14-12-23(3)13-15-24/h4-11,17H,12-15H2,1-3H3,(H,22,25). The monoisotopic (exact) mass is 417 g/mol. The van der Waals surface area contributed by atoms with Crippen LogP contribution in [0.3, 0.4) is 0 Å². The summed E-state index contributed by atoms with van der Waals surface area (Å²) in [5.41, 5.74) is 1.63. The molecule has 1 atom stereocenters. The largest absolute Gasteiger partial charge is 0.481 e. The van der Waals surface area contributed by atoms with Crippen molar-refractivity contribution in [2.75, 3.05) is 38.5 Å². The van der Waals surface area contributed by atoms with Crippen LogP contribution in [0.4, 0.5) is 5.69 Å². The third-order valence-corrected chi connectivity index (χ3v) is 6.84. The predicted molar refractivity (Wildman–Crippen MR) is 113 cm³/mol. The molecule has 1 aliphatic heterocycles. The number of likely N-dealkylation sites (N-methyl/N-ethyl adjacent to an activating group) is 1. The Morgan fingerprint density at radius 1 is 1.00 bits per heavy atom. The van der Waals surface area contributed by atoms with Crippen molar-refractivity contribution >= 4 is 21.6 Å². The van der Waals surface area contributed by atoms with Gasteiger partial charge in [0.05, 0.1) is 4.90 Å². The highest BCUT2D eigenvalue weighted by atomic mass is 32.2. The summed E-state index contributed by atoms with van der Waals surface area (Å²) >= 11 is 0. The van der Waals surface area contributed by atoms with Gasteiger partial charge in [0.15, 0.2) is 6.10 Å². The Morgan fingerprint density at radius 2 is 1.59 bits per heavy atom. The maximum absolute atomic E-state index is 12.8. The maximum atomic E-state index is 12.8. The summed E-state index contributed by atoms with van der Waals surface area (Å²) in [6, 6.07) is 13.7. The fourth-order valence-corrected chi connectivity index (χ4v) is 4.43. The molecule has 1 N–H and O–H groups in total. The first kappa shape index (κ1) is 21.3. The Bertz CT molecular complexity index is 935. The maximum Gasteiger partial charge on any atom is 0.265 e. The van der Waals surface area contributed by atoms with Crippen molar-refractivity contribution < 1.29 is 17.9 Å². The molecule has 2 aromatic rings. The highest BCUT2D eigenvalue weighted by Gasteiger charge is 2.27. The molecule has 1 unspecified atom stereocenters. The number of nitrogens with zero attached hydrogens (tertiary/aromatic N) is 2. The van der Waals surface area contributed by atoms with Crippen molar-refractivity contribution in [1.82, 2.24) is 9.21 Å². The normalized spacial score (nSPS) is 16.9. The van der Waals surface area contributed by atoms with E-state index in [2.05, 4.69) is 10.2 Å². The molecule has 0 saturated carbocycles. The molecule has 0 aromatic heterocycles. The van der Waals surface area contributed by atoms with Crippen LogP contribution < -0.4 is 10.1 Å². The second-order valence-electron chi connectivity index (χ2n) is 7.29. The second-order valence-corrected chi connectivity index (χ2v) is 9.23. The summed E-state index contributed by atoms with van der Waals surface area (Å²) < 4.78 is 32.7. The number of hydrogen-bond donors (Lipinski definition) is 1. The topological polar surface area (TPSA) is 78.9 Å². The van der Waals surface area contributed by atoms with E-state index in [9.17, 15) is 13.2 Å². The van der Waals surface area contributed by atoms with Gasteiger partial charge in [-0.05, 0) is 57.3 Å². The van der Waals surface area contributed by atoms with E-state index in [1.165, 1.54) is 16.4 Å². The average Bonchev–Trinajstić information content (AvgIpc) is 2.70. The lowest BCUT2D eigenvalue weighted by Crippen LogP contribution is -2.46. The quantitative estimate of drug-likeness (QED) is 0.781. The Hall–Kier alpha value is -2.42. The van der Waals surface area contributed by atoms with E-state index in [0.717, 1.165) is 5.56 Å². The lowest BCUT2D eigenvalue weighted by Gasteiger charge is -2.31. The number of rotatable bonds is 6. The van der Waals surface area contributed by atoms with E-state index in [4.69, 9.17) is 4.74 Å². The number of ether oxygens (including phenoxy) is 1. The van der Waals surface area contributed by atoms with Crippen molar-refractivity contribution in [2.45, 2.75) is 24.8 Å². The molecule has 0 spiro atoms. The molecule has 0 radical (unpaired) electrons. The summed E-state index contributed by atoms with van der Waals surface area (Å²) in [6.07, 6.45) is -0.688. The molecule has 1 saturated heterocycles. The number of aryl methyl sites for hydroxylation is 1. The SMILES string of the molecule is Cc1ccc(OC(C)C(=O)Nc2ccc(S(=O)(=O)N3CCN(C)CC3)cc2)cc1. The number of benzene rings is 2. The van der Waals surface area contributed by atoms with E-state index in [-0.39, 0.29) is 10.8 Å². The van der Waals surface area contributed by atoms with Gasteiger partial charge in [0.1, 0.15) is 5.75 Å². The molecule has 7 nitrogen and oxygen atoms in total. The van der Waals surface area contributed by atoms with Gasteiger partial charge in [0.25, 0.3) is 5.91 Å². The van der Waals surface area contributed by atoms with Gasteiger partial charge < -0.3 is 15.0 Å². The number of amides is 1. The van der Waals surface area contributed by atoms with E-state index >= 15 is 0 Å². The predicted octanol–water partition coefficient (Wildman–Crippen LogP) is 2.34. The van der Waals surface area contributed by atoms with Crippen LogP contribution in [-0.2, 0) is 14.8 Å². The highest BCUT2D eigenvalue weighted by Crippen LogP contribution is 2.20. The third kappa shape index (κ3) is 5.35. The fraction of sp³-hybridized carbons (Fsp3) is 0.381. The lowest BCUT2D eigenvalue weighted by atomic mass is 10.2. The van der Waals surface area contributed by atoms with Crippen molar-refractivity contribution in [3.05, 3.63) is 54.1 Å². The van der Waals surface area contributed by atoms with E-state index in [1.807, 2.05) is 38.2 Å². The van der Waals surface area contributed by atoms with Crippen LogP contribution in [0.25, 0.3) is 0 Å². The van der Waals surface area contributed by atoms with E-state index < -0.39 is 16.1 Å². The summed E-state index contributed by atoms with van der Waals surface area (Å²) in [4.78, 5) is 14.7. The number of anilines is 1. The molecule has 29 heavy (non-hydrogen) atoms. The Labute approximate surface area is 172 Å². The first-order valence-corrected chi connectivity index (χ1v) is 11.0. The number of hydrogen-bond acceptors (Lipinski definition) is 5. The number of carbonyl (C=O) groups excluding carboxylic acids is 1. The zero-order valence-corrected chi connectivity index (χ0v) is 17.8. The number of carbonyl (C=O) groups is 1. The molecular weight excluding hydrogens is 390 g/mol. The van der Waals surface area contributed by atoms with Crippen LogP contribution in [0, 0.1) is 6.92 Å². The van der Waals surface area contributed by atoms with Gasteiger partial charge in [-0.3, -0.25) is 4.79 Å². The lowest BCUT2D eigenvalue weighted by molar-refractivity contribution is -0.122. The van der Waals surface area contributed by atoms with Crippen LogP contribution in [-0.4, -0.2) is 62.9 Å². The Balaban J connectivity index is 1.61. The minimum atomic E-state index is -3.52. The van der Waals surface area contributed by atoms with Crippen LogP contribution >= 0.6 is 0 Å². The minimum Gasteiger partial charge on any atom is -0.481 e. The zero-order chi connectivity index (χ0) is 21.0. The summed E-state index contributed by atoms with van der Waals surface area (Å²) in [7, 11) is -1.54. The van der Waals surface area contributed by atoms with Crippen LogP contribution in [0.1, 0.15) is 12.5 Å². The van der Waals surface area contributed by atoms with Gasteiger partial charge in [-0.15, -0.1) is 0 Å². The molecular formula is C21H27N3O4S. The molecule has 0 bridgehead atoms. The van der Waals surface area contributed by atoms with Crippen LogP contribution in [0.5, 0.6) is 5.75 Å². The first-order chi connectivity index (χ1) is 13.8. The summed E-state index contributed by atoms with van der Waals surface area (Å²) in [6.45, 7) is 6.03. The van der Waals surface area contributed by atoms with Crippen molar-refractivity contribution in [3.8, 4) is 5.75 Å². The fourth-order valence-electron chi connectivity index (χ4n) is 3.01. The smallest absolute Gasteiger partial charge is 0.265 e. The molecule has 3 rings (SSSR count). The molecule has 8 heteroatoms. The van der Waals surface area contributed by atoms with Gasteiger partial charge in [-0.1, -0.05) is 17.7 Å². The second kappa shape index (κ2) is 8.94. The Kier molecular flexibility index (Phi) is 6.56. The number of piperazine rings is 1. The van der Waals surface area contributed by atoms with Crippen molar-refractivity contribution in [2.24, 2.45) is 0 Å². The molecule has 1 aliphatic rings. The summed E-state index contributed by atoms with van der Waals surface area (Å²) in [5, 5.41) is 2.76. The highest BCUT2D eigenvalue weighted by molar-refractivity contribution is 7.89. The van der Waals surface area contributed by atoms with Gasteiger partial charge >= 0.3 is 0 Å². The average molecular weight is 418 g/mol. The third-order valence-electron chi connectivity index (χ3n) is 4.92. The minimum absolute atomic E-state index is 0.226. The van der Waals surface area contributed by atoms with Crippen LogP contribution in [0.2, 0.25) is 0 Å². The van der Waals surface area contributed by atoms with E-state index in [1.54, 1.807) is 19.1 Å². The van der Waals surface area contributed by atoms with Crippen molar-refractivity contribution in [3.63, 3.8) is 0 Å². The molecule has 2 aromatic carbocycles. The van der Waals surface area contributed by atoms with Gasteiger partial charge in [-0.2, -0.15) is 4.31 Å². The van der Waals surface area contributed by atoms with Crippen molar-refractivity contribution in [1.29, 1.82) is 0 Å². The van der Waals surface area contributed by atoms with Crippen LogP contribution in [0.15, 0.2) is 53.4 Å². The molecule has 1 heterocycles. The number of nitrogens with one attached hydrogen (secondary N) is 1. The Morgan fingerprint density at radius 3 is 2.17 bits per heavy atom. The first-order valence-electron chi connectivity index (χ1n) is 9.58. The number of sulfonamides is 1. The molecule has 1 amide bonds. The van der Waals surface area contributed by atoms with E-state index in [0.29, 0.717) is 37.6 Å². The van der Waals surface area contributed by atoms with Gasteiger partial charge in [-0.25, -0.2) is 8.42 Å². The molecule has 1 fully saturated rings. The molecule has 0 aliphatic carbocycles. The van der Waals surface area contributed by atoms with Gasteiger partial charge in [0.2, 0.25) is 10.0 Å².